The van der Waals surface area contributed by atoms with Gasteiger partial charge < -0.3 is 9.94 Å². The van der Waals surface area contributed by atoms with E-state index >= 15 is 0 Å². The molecule has 0 bridgehead atoms. The molecular formula is C13H17NO2. The first-order valence-electron chi connectivity index (χ1n) is 5.43. The van der Waals surface area contributed by atoms with Crippen LogP contribution in [0.5, 0.6) is 0 Å². The van der Waals surface area contributed by atoms with Crippen LogP contribution in [0, 0.1) is 13.8 Å². The Morgan fingerprint density at radius 3 is 2.44 bits per heavy atom. The fourth-order valence-corrected chi connectivity index (χ4v) is 1.71. The molecule has 0 saturated heterocycles. The lowest BCUT2D eigenvalue weighted by Crippen LogP contribution is -2.38. The summed E-state index contributed by atoms with van der Waals surface area (Å²) in [4.78, 5) is 5.23. The van der Waals surface area contributed by atoms with E-state index in [1.54, 1.807) is 0 Å². The van der Waals surface area contributed by atoms with Crippen LogP contribution in [0.2, 0.25) is 0 Å². The molecule has 16 heavy (non-hydrogen) atoms. The molecule has 0 amide bonds. The molecule has 1 aromatic carbocycles. The van der Waals surface area contributed by atoms with Gasteiger partial charge in [-0.15, -0.1) is 0 Å². The van der Waals surface area contributed by atoms with Gasteiger partial charge in [-0.3, -0.25) is 0 Å². The molecule has 1 aromatic rings. The van der Waals surface area contributed by atoms with Crippen molar-refractivity contribution in [1.82, 2.24) is 0 Å². The zero-order valence-electron chi connectivity index (χ0n) is 10.1. The summed E-state index contributed by atoms with van der Waals surface area (Å²) in [5, 5.41) is 14.1. The number of hydrogen-bond donors (Lipinski definition) is 1. The van der Waals surface area contributed by atoms with Crippen LogP contribution in [0.4, 0.5) is 0 Å². The maximum absolute atomic E-state index is 10.1. The maximum Gasteiger partial charge on any atom is 0.163 e. The van der Waals surface area contributed by atoms with Crippen molar-refractivity contribution >= 4 is 5.71 Å². The molecule has 1 heterocycles. The third-order valence-corrected chi connectivity index (χ3v) is 3.10. The van der Waals surface area contributed by atoms with Crippen LogP contribution in [0.15, 0.2) is 23.4 Å². The summed E-state index contributed by atoms with van der Waals surface area (Å²) in [6.45, 7) is 7.77. The smallest absolute Gasteiger partial charge is 0.163 e. The van der Waals surface area contributed by atoms with Gasteiger partial charge in [0.05, 0.1) is 0 Å². The summed E-state index contributed by atoms with van der Waals surface area (Å²) in [7, 11) is 0. The molecule has 1 aliphatic rings. The average Bonchev–Trinajstić information content (AvgIpc) is 2.48. The average molecular weight is 219 g/mol. The van der Waals surface area contributed by atoms with Crippen LogP contribution in [0.1, 0.15) is 30.5 Å². The van der Waals surface area contributed by atoms with Gasteiger partial charge in [-0.1, -0.05) is 17.3 Å². The number of benzene rings is 1. The standard InChI is InChI=1S/C13H17NO2/c1-8-5-6-10(7-9(8)2)11-12(15)13(3,4)16-14-11/h5-7,12,15H,1-4H3. The summed E-state index contributed by atoms with van der Waals surface area (Å²) in [6.07, 6.45) is -0.672. The minimum Gasteiger partial charge on any atom is -0.386 e. The lowest BCUT2D eigenvalue weighted by molar-refractivity contribution is -0.0476. The minimum absolute atomic E-state index is 0.619. The monoisotopic (exact) mass is 219 g/mol. The van der Waals surface area contributed by atoms with E-state index in [4.69, 9.17) is 4.84 Å². The van der Waals surface area contributed by atoms with Gasteiger partial charge in [-0.2, -0.15) is 0 Å². The number of hydrogen-bond acceptors (Lipinski definition) is 3. The molecule has 1 atom stereocenters. The van der Waals surface area contributed by atoms with E-state index in [9.17, 15) is 5.11 Å². The SMILES string of the molecule is Cc1ccc(C2=NOC(C)(C)C2O)cc1C. The molecule has 3 nitrogen and oxygen atoms in total. The summed E-state index contributed by atoms with van der Waals surface area (Å²) in [5.41, 5.74) is 3.34. The van der Waals surface area contributed by atoms with Gasteiger partial charge in [-0.25, -0.2) is 0 Å². The van der Waals surface area contributed by atoms with Crippen molar-refractivity contribution in [2.75, 3.05) is 0 Å². The predicted octanol–water partition coefficient (Wildman–Crippen LogP) is 2.18. The summed E-state index contributed by atoms with van der Waals surface area (Å²) >= 11 is 0. The fourth-order valence-electron chi connectivity index (χ4n) is 1.71. The van der Waals surface area contributed by atoms with Crippen molar-refractivity contribution in [3.63, 3.8) is 0 Å². The highest BCUT2D eigenvalue weighted by Crippen LogP contribution is 2.27. The first-order chi connectivity index (χ1) is 7.42. The second kappa shape index (κ2) is 3.59. The van der Waals surface area contributed by atoms with E-state index in [-0.39, 0.29) is 0 Å². The van der Waals surface area contributed by atoms with Gasteiger partial charge in [0.25, 0.3) is 0 Å². The van der Waals surface area contributed by atoms with Crippen LogP contribution in [0.25, 0.3) is 0 Å². The number of nitrogens with zero attached hydrogens (tertiary/aromatic N) is 1. The highest BCUT2D eigenvalue weighted by Gasteiger charge is 2.40. The Hall–Kier alpha value is -1.35. The molecule has 0 aromatic heterocycles. The van der Waals surface area contributed by atoms with Crippen LogP contribution < -0.4 is 0 Å². The molecule has 0 aliphatic carbocycles. The molecule has 0 spiro atoms. The number of oxime groups is 1. The van der Waals surface area contributed by atoms with Crippen LogP contribution in [-0.2, 0) is 4.84 Å². The first-order valence-corrected chi connectivity index (χ1v) is 5.43. The highest BCUT2D eigenvalue weighted by molar-refractivity contribution is 6.05. The van der Waals surface area contributed by atoms with Crippen molar-refractivity contribution in [3.8, 4) is 0 Å². The Morgan fingerprint density at radius 1 is 1.25 bits per heavy atom. The number of aliphatic hydroxyl groups is 1. The van der Waals surface area contributed by atoms with E-state index in [2.05, 4.69) is 12.1 Å². The molecule has 0 fully saturated rings. The number of rotatable bonds is 1. The number of aryl methyl sites for hydroxylation is 2. The Balaban J connectivity index is 2.36. The third-order valence-electron chi connectivity index (χ3n) is 3.10. The molecule has 1 unspecified atom stereocenters. The van der Waals surface area contributed by atoms with Crippen LogP contribution >= 0.6 is 0 Å². The topological polar surface area (TPSA) is 41.8 Å². The van der Waals surface area contributed by atoms with Gasteiger partial charge in [-0.05, 0) is 44.9 Å². The van der Waals surface area contributed by atoms with Gasteiger partial charge in [0.1, 0.15) is 11.8 Å². The molecular weight excluding hydrogens is 202 g/mol. The summed E-state index contributed by atoms with van der Waals surface area (Å²) < 4.78 is 0. The number of aliphatic hydroxyl groups excluding tert-OH is 1. The molecule has 0 radical (unpaired) electrons. The van der Waals surface area contributed by atoms with E-state index in [1.807, 2.05) is 39.0 Å². The van der Waals surface area contributed by atoms with Crippen molar-refractivity contribution in [3.05, 3.63) is 34.9 Å². The summed E-state index contributed by atoms with van der Waals surface area (Å²) in [5.74, 6) is 0. The Bertz CT molecular complexity index is 449. The van der Waals surface area contributed by atoms with Gasteiger partial charge in [0, 0.05) is 5.56 Å². The van der Waals surface area contributed by atoms with Gasteiger partial charge in [0.15, 0.2) is 5.60 Å². The summed E-state index contributed by atoms with van der Waals surface area (Å²) in [6, 6.07) is 6.03. The fraction of sp³-hybridized carbons (Fsp3) is 0.462. The lowest BCUT2D eigenvalue weighted by Gasteiger charge is -2.20. The van der Waals surface area contributed by atoms with Crippen LogP contribution in [0.3, 0.4) is 0 Å². The second-order valence-electron chi connectivity index (χ2n) is 4.87. The van der Waals surface area contributed by atoms with E-state index in [1.165, 1.54) is 11.1 Å². The minimum atomic E-state index is -0.672. The van der Waals surface area contributed by atoms with Crippen molar-refractivity contribution in [2.45, 2.75) is 39.4 Å². The highest BCUT2D eigenvalue weighted by atomic mass is 16.7. The Labute approximate surface area is 95.7 Å². The second-order valence-corrected chi connectivity index (χ2v) is 4.87. The molecule has 2 rings (SSSR count). The maximum atomic E-state index is 10.1. The molecule has 86 valence electrons. The zero-order valence-corrected chi connectivity index (χ0v) is 10.1. The van der Waals surface area contributed by atoms with Crippen molar-refractivity contribution < 1.29 is 9.94 Å². The molecule has 1 N–H and O–H groups in total. The first kappa shape index (κ1) is 11.1. The van der Waals surface area contributed by atoms with E-state index < -0.39 is 11.7 Å². The van der Waals surface area contributed by atoms with Crippen molar-refractivity contribution in [2.24, 2.45) is 5.16 Å². The molecule has 1 aliphatic heterocycles. The third kappa shape index (κ3) is 1.71. The Morgan fingerprint density at radius 2 is 1.94 bits per heavy atom. The lowest BCUT2D eigenvalue weighted by atomic mass is 9.93. The van der Waals surface area contributed by atoms with Crippen LogP contribution in [-0.4, -0.2) is 22.5 Å². The van der Waals surface area contributed by atoms with Gasteiger partial charge >= 0.3 is 0 Å². The zero-order chi connectivity index (χ0) is 11.9. The normalized spacial score (nSPS) is 22.8. The van der Waals surface area contributed by atoms with E-state index in [0.717, 1.165) is 5.56 Å². The van der Waals surface area contributed by atoms with Gasteiger partial charge in [0.2, 0.25) is 0 Å². The quantitative estimate of drug-likeness (QED) is 0.786. The van der Waals surface area contributed by atoms with Crippen molar-refractivity contribution in [1.29, 1.82) is 0 Å². The predicted molar refractivity (Wildman–Crippen MR) is 63.6 cm³/mol. The molecule has 0 saturated carbocycles. The van der Waals surface area contributed by atoms with E-state index in [0.29, 0.717) is 5.71 Å². The Kier molecular flexibility index (Phi) is 2.50. The molecule has 3 heteroatoms. The largest absolute Gasteiger partial charge is 0.386 e.